The zero-order chi connectivity index (χ0) is 9.68. The van der Waals surface area contributed by atoms with Gasteiger partial charge in [0.2, 0.25) is 0 Å². The predicted octanol–water partition coefficient (Wildman–Crippen LogP) is 2.26. The van der Waals surface area contributed by atoms with Crippen LogP contribution in [0.1, 0.15) is 5.56 Å². The van der Waals surface area contributed by atoms with Gasteiger partial charge in [0.25, 0.3) is 0 Å². The standard InChI is InChI=1S/C10H7ClN2/c1-2-5-13-10-6-9(11)4-3-8(10)7-12/h1,3-4,6,13H,5H2. The van der Waals surface area contributed by atoms with Gasteiger partial charge in [0, 0.05) is 5.02 Å². The minimum atomic E-state index is 0.384. The first-order chi connectivity index (χ1) is 6.27. The summed E-state index contributed by atoms with van der Waals surface area (Å²) in [7, 11) is 0. The third kappa shape index (κ3) is 2.40. The molecule has 1 rings (SSSR count). The van der Waals surface area contributed by atoms with Gasteiger partial charge in [0.15, 0.2) is 0 Å². The van der Waals surface area contributed by atoms with Gasteiger partial charge in [-0.3, -0.25) is 0 Å². The molecule has 1 aromatic carbocycles. The van der Waals surface area contributed by atoms with E-state index in [-0.39, 0.29) is 0 Å². The van der Waals surface area contributed by atoms with Crippen molar-refractivity contribution < 1.29 is 0 Å². The van der Waals surface area contributed by atoms with Gasteiger partial charge in [-0.1, -0.05) is 17.5 Å². The number of anilines is 1. The van der Waals surface area contributed by atoms with Crippen LogP contribution in [-0.4, -0.2) is 6.54 Å². The molecule has 0 atom stereocenters. The number of rotatable bonds is 2. The zero-order valence-corrected chi connectivity index (χ0v) is 7.60. The number of hydrogen-bond acceptors (Lipinski definition) is 2. The molecule has 0 fully saturated rings. The minimum Gasteiger partial charge on any atom is -0.373 e. The summed E-state index contributed by atoms with van der Waals surface area (Å²) in [6.45, 7) is 0.384. The zero-order valence-electron chi connectivity index (χ0n) is 6.84. The Morgan fingerprint density at radius 1 is 1.54 bits per heavy atom. The molecule has 0 amide bonds. The lowest BCUT2D eigenvalue weighted by Gasteiger charge is -2.04. The molecule has 0 radical (unpaired) electrons. The molecule has 1 N–H and O–H groups in total. The summed E-state index contributed by atoms with van der Waals surface area (Å²) >= 11 is 5.75. The fourth-order valence-corrected chi connectivity index (χ4v) is 1.08. The van der Waals surface area contributed by atoms with Crippen molar-refractivity contribution in [1.82, 2.24) is 0 Å². The molecule has 0 aliphatic carbocycles. The van der Waals surface area contributed by atoms with E-state index in [1.165, 1.54) is 0 Å². The first-order valence-corrected chi connectivity index (χ1v) is 4.02. The van der Waals surface area contributed by atoms with E-state index < -0.39 is 0 Å². The maximum atomic E-state index is 8.72. The summed E-state index contributed by atoms with van der Waals surface area (Å²) in [6, 6.07) is 7.04. The second-order valence-corrected chi connectivity index (χ2v) is 2.80. The summed E-state index contributed by atoms with van der Waals surface area (Å²) < 4.78 is 0. The molecule has 3 heteroatoms. The van der Waals surface area contributed by atoms with Crippen LogP contribution in [0.4, 0.5) is 5.69 Å². The van der Waals surface area contributed by atoms with Crippen molar-refractivity contribution in [2.75, 3.05) is 11.9 Å². The first-order valence-electron chi connectivity index (χ1n) is 3.65. The number of benzene rings is 1. The molecule has 13 heavy (non-hydrogen) atoms. The molecule has 0 saturated heterocycles. The number of terminal acetylenes is 1. The van der Waals surface area contributed by atoms with Crippen molar-refractivity contribution in [2.45, 2.75) is 0 Å². The van der Waals surface area contributed by atoms with Crippen molar-refractivity contribution in [3.8, 4) is 18.4 Å². The van der Waals surface area contributed by atoms with E-state index in [0.29, 0.717) is 22.8 Å². The number of nitrogens with zero attached hydrogens (tertiary/aromatic N) is 1. The normalized spacial score (nSPS) is 8.54. The average Bonchev–Trinajstić information content (AvgIpc) is 2.15. The van der Waals surface area contributed by atoms with Gasteiger partial charge < -0.3 is 5.32 Å². The summed E-state index contributed by atoms with van der Waals surface area (Å²) in [5.41, 5.74) is 1.22. The Morgan fingerprint density at radius 3 is 2.92 bits per heavy atom. The summed E-state index contributed by atoms with van der Waals surface area (Å²) in [4.78, 5) is 0. The molecule has 0 spiro atoms. The fourth-order valence-electron chi connectivity index (χ4n) is 0.906. The number of halogens is 1. The van der Waals surface area contributed by atoms with Crippen molar-refractivity contribution in [2.24, 2.45) is 0 Å². The number of nitriles is 1. The molecular formula is C10H7ClN2. The molecule has 0 aromatic heterocycles. The Balaban J connectivity index is 2.97. The molecule has 0 aliphatic heterocycles. The minimum absolute atomic E-state index is 0.384. The average molecular weight is 191 g/mol. The lowest BCUT2D eigenvalue weighted by molar-refractivity contribution is 1.36. The highest BCUT2D eigenvalue weighted by Crippen LogP contribution is 2.19. The Hall–Kier alpha value is -1.64. The van der Waals surface area contributed by atoms with Crippen LogP contribution in [0.25, 0.3) is 0 Å². The highest BCUT2D eigenvalue weighted by atomic mass is 35.5. The lowest BCUT2D eigenvalue weighted by atomic mass is 10.2. The van der Waals surface area contributed by atoms with E-state index in [1.54, 1.807) is 18.2 Å². The molecule has 0 bridgehead atoms. The largest absolute Gasteiger partial charge is 0.373 e. The second kappa shape index (κ2) is 4.40. The Bertz CT molecular complexity index is 385. The van der Waals surface area contributed by atoms with Crippen LogP contribution in [0.5, 0.6) is 0 Å². The Kier molecular flexibility index (Phi) is 3.20. The third-order valence-corrected chi connectivity index (χ3v) is 1.72. The first kappa shape index (κ1) is 9.45. The van der Waals surface area contributed by atoms with E-state index >= 15 is 0 Å². The summed E-state index contributed by atoms with van der Waals surface area (Å²) in [5.74, 6) is 2.42. The smallest absolute Gasteiger partial charge is 0.101 e. The molecule has 2 nitrogen and oxygen atoms in total. The van der Waals surface area contributed by atoms with Gasteiger partial charge in [0.05, 0.1) is 17.8 Å². The van der Waals surface area contributed by atoms with Crippen molar-refractivity contribution in [1.29, 1.82) is 5.26 Å². The SMILES string of the molecule is C#CCNc1cc(Cl)ccc1C#N. The molecule has 0 aliphatic rings. The van der Waals surface area contributed by atoms with Gasteiger partial charge in [-0.25, -0.2) is 0 Å². The monoisotopic (exact) mass is 190 g/mol. The van der Waals surface area contributed by atoms with Crippen LogP contribution < -0.4 is 5.32 Å². The quantitative estimate of drug-likeness (QED) is 0.727. The Labute approximate surface area is 82.1 Å². The highest BCUT2D eigenvalue weighted by molar-refractivity contribution is 6.30. The van der Waals surface area contributed by atoms with Crippen LogP contribution in [-0.2, 0) is 0 Å². The molecule has 0 unspecified atom stereocenters. The predicted molar refractivity (Wildman–Crippen MR) is 53.5 cm³/mol. The van der Waals surface area contributed by atoms with Crippen LogP contribution in [0, 0.1) is 23.7 Å². The van der Waals surface area contributed by atoms with E-state index in [4.69, 9.17) is 23.3 Å². The van der Waals surface area contributed by atoms with Gasteiger partial charge in [-0.15, -0.1) is 6.42 Å². The fraction of sp³-hybridized carbons (Fsp3) is 0.100. The van der Waals surface area contributed by atoms with Crippen LogP contribution >= 0.6 is 11.6 Å². The van der Waals surface area contributed by atoms with Crippen molar-refractivity contribution in [3.05, 3.63) is 28.8 Å². The number of hydrogen-bond donors (Lipinski definition) is 1. The third-order valence-electron chi connectivity index (χ3n) is 1.48. The highest BCUT2D eigenvalue weighted by Gasteiger charge is 2.00. The van der Waals surface area contributed by atoms with E-state index in [9.17, 15) is 0 Å². The number of nitrogens with one attached hydrogen (secondary N) is 1. The molecule has 1 aromatic rings. The molecular weight excluding hydrogens is 184 g/mol. The maximum Gasteiger partial charge on any atom is 0.101 e. The van der Waals surface area contributed by atoms with Gasteiger partial charge >= 0.3 is 0 Å². The Morgan fingerprint density at radius 2 is 2.31 bits per heavy atom. The molecule has 0 heterocycles. The lowest BCUT2D eigenvalue weighted by Crippen LogP contribution is -2.00. The molecule has 0 saturated carbocycles. The van der Waals surface area contributed by atoms with Crippen molar-refractivity contribution >= 4 is 17.3 Å². The maximum absolute atomic E-state index is 8.72. The van der Waals surface area contributed by atoms with E-state index in [2.05, 4.69) is 11.2 Å². The molecule has 64 valence electrons. The van der Waals surface area contributed by atoms with Crippen LogP contribution in [0.2, 0.25) is 5.02 Å². The van der Waals surface area contributed by atoms with Crippen LogP contribution in [0.15, 0.2) is 18.2 Å². The van der Waals surface area contributed by atoms with Crippen LogP contribution in [0.3, 0.4) is 0 Å². The van der Waals surface area contributed by atoms with Gasteiger partial charge in [0.1, 0.15) is 6.07 Å². The van der Waals surface area contributed by atoms with E-state index in [1.807, 2.05) is 6.07 Å². The second-order valence-electron chi connectivity index (χ2n) is 2.36. The summed E-state index contributed by atoms with van der Waals surface area (Å²) in [5, 5.41) is 12.2. The summed E-state index contributed by atoms with van der Waals surface area (Å²) in [6.07, 6.45) is 5.08. The van der Waals surface area contributed by atoms with E-state index in [0.717, 1.165) is 0 Å². The topological polar surface area (TPSA) is 35.8 Å². The van der Waals surface area contributed by atoms with Crippen molar-refractivity contribution in [3.63, 3.8) is 0 Å². The van der Waals surface area contributed by atoms with Gasteiger partial charge in [-0.2, -0.15) is 5.26 Å². The van der Waals surface area contributed by atoms with Gasteiger partial charge in [-0.05, 0) is 18.2 Å².